The number of halogens is 3. The lowest BCUT2D eigenvalue weighted by Gasteiger charge is -2.14. The molecule has 0 atom stereocenters. The number of anilines is 2. The minimum atomic E-state index is -1.68. The molecule has 0 saturated carbocycles. The van der Waals surface area contributed by atoms with Crippen LogP contribution in [0.1, 0.15) is 26.5 Å². The van der Waals surface area contributed by atoms with Crippen LogP contribution >= 0.6 is 0 Å². The van der Waals surface area contributed by atoms with Gasteiger partial charge in [-0.3, -0.25) is 10.1 Å². The molecule has 7 nitrogen and oxygen atoms in total. The Balaban J connectivity index is 1.70. The Morgan fingerprint density at radius 2 is 1.73 bits per heavy atom. The van der Waals surface area contributed by atoms with Crippen LogP contribution in [-0.4, -0.2) is 20.8 Å². The quantitative estimate of drug-likeness (QED) is 0.377. The molecule has 2 aromatic heterocycles. The Kier molecular flexibility index (Phi) is 5.44. The number of pyridine rings is 1. The molecular formula is C23H20F3N5O2. The largest absolute Gasteiger partial charge is 0.324 e. The number of urea groups is 1. The molecule has 0 aliphatic heterocycles. The summed E-state index contributed by atoms with van der Waals surface area (Å²) in [7, 11) is 0. The standard InChI is InChI=1S/C23H20F3N5O2/c1-23(2,3)17-11-18(29-22(33)28-16-8-6-14(24)20(25)21(16)26)31(30-17)13-5-7-15-12(10-13)4-9-19(32)27-15/h4-11H,1-3H3,(H,27,32)(H2,28,29,33). The van der Waals surface area contributed by atoms with Gasteiger partial charge in [0.2, 0.25) is 5.56 Å². The smallest absolute Gasteiger partial charge is 0.322 e. The molecule has 3 N–H and O–H groups in total. The minimum Gasteiger partial charge on any atom is -0.322 e. The highest BCUT2D eigenvalue weighted by atomic mass is 19.2. The van der Waals surface area contributed by atoms with Crippen molar-refractivity contribution in [2.75, 3.05) is 10.6 Å². The van der Waals surface area contributed by atoms with E-state index in [1.165, 1.54) is 10.7 Å². The predicted molar refractivity (Wildman–Crippen MR) is 119 cm³/mol. The number of hydrogen-bond donors (Lipinski definition) is 3. The van der Waals surface area contributed by atoms with Gasteiger partial charge in [-0.1, -0.05) is 20.8 Å². The molecule has 2 heterocycles. The van der Waals surface area contributed by atoms with Gasteiger partial charge < -0.3 is 10.3 Å². The van der Waals surface area contributed by atoms with E-state index in [4.69, 9.17) is 0 Å². The van der Waals surface area contributed by atoms with Crippen molar-refractivity contribution in [3.8, 4) is 5.69 Å². The summed E-state index contributed by atoms with van der Waals surface area (Å²) < 4.78 is 42.1. The lowest BCUT2D eigenvalue weighted by Crippen LogP contribution is -2.22. The molecule has 33 heavy (non-hydrogen) atoms. The molecule has 170 valence electrons. The number of fused-ring (bicyclic) bond motifs is 1. The second-order valence-corrected chi connectivity index (χ2v) is 8.47. The Morgan fingerprint density at radius 1 is 0.970 bits per heavy atom. The van der Waals surface area contributed by atoms with Crippen LogP contribution in [0.25, 0.3) is 16.6 Å². The summed E-state index contributed by atoms with van der Waals surface area (Å²) in [5, 5.41) is 10.1. The van der Waals surface area contributed by atoms with Crippen molar-refractivity contribution in [1.29, 1.82) is 0 Å². The summed E-state index contributed by atoms with van der Waals surface area (Å²) in [6, 6.07) is 10.7. The molecule has 2 amide bonds. The van der Waals surface area contributed by atoms with Gasteiger partial charge in [0.1, 0.15) is 5.82 Å². The van der Waals surface area contributed by atoms with E-state index in [1.807, 2.05) is 20.8 Å². The van der Waals surface area contributed by atoms with Gasteiger partial charge in [-0.2, -0.15) is 5.10 Å². The molecule has 0 unspecified atom stereocenters. The summed E-state index contributed by atoms with van der Waals surface area (Å²) in [4.78, 5) is 26.8. The first-order valence-corrected chi connectivity index (χ1v) is 9.98. The monoisotopic (exact) mass is 455 g/mol. The topological polar surface area (TPSA) is 91.8 Å². The highest BCUT2D eigenvalue weighted by molar-refractivity contribution is 5.99. The van der Waals surface area contributed by atoms with Crippen molar-refractivity contribution < 1.29 is 18.0 Å². The van der Waals surface area contributed by atoms with Gasteiger partial charge >= 0.3 is 6.03 Å². The van der Waals surface area contributed by atoms with Crippen LogP contribution < -0.4 is 16.2 Å². The van der Waals surface area contributed by atoms with E-state index >= 15 is 0 Å². The maximum absolute atomic E-state index is 13.9. The van der Waals surface area contributed by atoms with Crippen molar-refractivity contribution in [1.82, 2.24) is 14.8 Å². The van der Waals surface area contributed by atoms with Gasteiger partial charge in [0.25, 0.3) is 0 Å². The second-order valence-electron chi connectivity index (χ2n) is 8.47. The van der Waals surface area contributed by atoms with Crippen LogP contribution in [0.5, 0.6) is 0 Å². The van der Waals surface area contributed by atoms with Crippen molar-refractivity contribution in [3.05, 3.63) is 82.0 Å². The first kappa shape index (κ1) is 22.1. The van der Waals surface area contributed by atoms with E-state index < -0.39 is 29.2 Å². The molecule has 0 aliphatic carbocycles. The van der Waals surface area contributed by atoms with Crippen molar-refractivity contribution in [2.45, 2.75) is 26.2 Å². The van der Waals surface area contributed by atoms with E-state index in [0.29, 0.717) is 16.9 Å². The third-order valence-corrected chi connectivity index (χ3v) is 4.95. The van der Waals surface area contributed by atoms with Gasteiger partial charge in [0, 0.05) is 28.5 Å². The van der Waals surface area contributed by atoms with Crippen molar-refractivity contribution in [2.24, 2.45) is 0 Å². The number of amides is 2. The zero-order valence-electron chi connectivity index (χ0n) is 18.0. The first-order valence-electron chi connectivity index (χ1n) is 9.98. The van der Waals surface area contributed by atoms with Gasteiger partial charge in [-0.15, -0.1) is 0 Å². The summed E-state index contributed by atoms with van der Waals surface area (Å²) >= 11 is 0. The van der Waals surface area contributed by atoms with Crippen LogP contribution in [0.15, 0.2) is 53.3 Å². The maximum Gasteiger partial charge on any atom is 0.324 e. The lowest BCUT2D eigenvalue weighted by atomic mass is 9.92. The zero-order chi connectivity index (χ0) is 23.9. The molecule has 0 bridgehead atoms. The van der Waals surface area contributed by atoms with Gasteiger partial charge in [0.05, 0.1) is 17.1 Å². The number of aromatic amines is 1. The molecule has 2 aromatic carbocycles. The Labute approximate surface area is 186 Å². The van der Waals surface area contributed by atoms with Crippen molar-refractivity contribution >= 4 is 28.4 Å². The van der Waals surface area contributed by atoms with Gasteiger partial charge in [0.15, 0.2) is 17.5 Å². The fraction of sp³-hybridized carbons (Fsp3) is 0.174. The Hall–Kier alpha value is -4.08. The van der Waals surface area contributed by atoms with Gasteiger partial charge in [-0.25, -0.2) is 22.6 Å². The van der Waals surface area contributed by atoms with Crippen molar-refractivity contribution in [3.63, 3.8) is 0 Å². The second kappa shape index (κ2) is 8.12. The molecule has 4 rings (SSSR count). The summed E-state index contributed by atoms with van der Waals surface area (Å²) in [5.41, 5.74) is 0.802. The number of H-pyrrole nitrogens is 1. The summed E-state index contributed by atoms with van der Waals surface area (Å²) in [6.07, 6.45) is 0. The zero-order valence-corrected chi connectivity index (χ0v) is 18.0. The average molecular weight is 455 g/mol. The fourth-order valence-electron chi connectivity index (χ4n) is 3.20. The van der Waals surface area contributed by atoms with E-state index in [9.17, 15) is 22.8 Å². The molecule has 10 heteroatoms. The molecule has 0 aliphatic rings. The normalized spacial score (nSPS) is 11.6. The van der Waals surface area contributed by atoms with Crippen LogP contribution in [0.4, 0.5) is 29.5 Å². The first-order chi connectivity index (χ1) is 15.5. The maximum atomic E-state index is 13.9. The molecular weight excluding hydrogens is 435 g/mol. The third kappa shape index (κ3) is 4.45. The number of hydrogen-bond acceptors (Lipinski definition) is 3. The molecule has 4 aromatic rings. The van der Waals surface area contributed by atoms with E-state index in [2.05, 4.69) is 20.7 Å². The third-order valence-electron chi connectivity index (χ3n) is 4.95. The Bertz CT molecular complexity index is 1440. The minimum absolute atomic E-state index is 0.229. The van der Waals surface area contributed by atoms with Gasteiger partial charge in [-0.05, 0) is 36.4 Å². The number of nitrogens with zero attached hydrogens (tertiary/aromatic N) is 2. The lowest BCUT2D eigenvalue weighted by molar-refractivity contribution is 0.262. The number of nitrogens with one attached hydrogen (secondary N) is 3. The molecule has 0 fully saturated rings. The molecule has 0 spiro atoms. The Morgan fingerprint density at radius 3 is 2.45 bits per heavy atom. The predicted octanol–water partition coefficient (Wildman–Crippen LogP) is 5.07. The number of benzene rings is 2. The summed E-state index contributed by atoms with van der Waals surface area (Å²) in [6.45, 7) is 5.85. The number of carbonyl (C=O) groups excluding carboxylic acids is 1. The van der Waals surface area contributed by atoms with Crippen LogP contribution in [0.3, 0.4) is 0 Å². The highest BCUT2D eigenvalue weighted by Crippen LogP contribution is 2.28. The average Bonchev–Trinajstić information content (AvgIpc) is 3.18. The van der Waals surface area contributed by atoms with E-state index in [-0.39, 0.29) is 16.8 Å². The number of carbonyl (C=O) groups is 1. The number of rotatable bonds is 3. The molecule has 0 saturated heterocycles. The summed E-state index contributed by atoms with van der Waals surface area (Å²) in [5.74, 6) is -4.27. The van der Waals surface area contributed by atoms with E-state index in [1.54, 1.807) is 30.3 Å². The van der Waals surface area contributed by atoms with Crippen LogP contribution in [-0.2, 0) is 5.41 Å². The highest BCUT2D eigenvalue weighted by Gasteiger charge is 2.22. The molecule has 0 radical (unpaired) electrons. The fourth-order valence-corrected chi connectivity index (χ4v) is 3.20. The number of aromatic nitrogens is 3. The van der Waals surface area contributed by atoms with Crippen LogP contribution in [0, 0.1) is 17.5 Å². The van der Waals surface area contributed by atoms with E-state index in [0.717, 1.165) is 17.5 Å². The SMILES string of the molecule is CC(C)(C)c1cc(NC(=O)Nc2ccc(F)c(F)c2F)n(-c2ccc3[nH]c(=O)ccc3c2)n1. The van der Waals surface area contributed by atoms with Crippen LogP contribution in [0.2, 0.25) is 0 Å².